The van der Waals surface area contributed by atoms with Gasteiger partial charge < -0.3 is 10.1 Å². The third-order valence-corrected chi connectivity index (χ3v) is 7.45. The minimum absolute atomic E-state index is 0.142. The summed E-state index contributed by atoms with van der Waals surface area (Å²) >= 11 is 1.28. The van der Waals surface area contributed by atoms with E-state index in [2.05, 4.69) is 12.2 Å². The summed E-state index contributed by atoms with van der Waals surface area (Å²) in [4.78, 5) is 25.5. The Kier molecular flexibility index (Phi) is 5.85. The largest absolute Gasteiger partial charge is 0.465 e. The van der Waals surface area contributed by atoms with Crippen LogP contribution in [0.4, 0.5) is 9.39 Å². The smallest absolute Gasteiger partial charge is 0.341 e. The Labute approximate surface area is 166 Å². The van der Waals surface area contributed by atoms with Gasteiger partial charge in [-0.15, -0.1) is 11.3 Å². The molecule has 0 radical (unpaired) electrons. The molecule has 1 N–H and O–H groups in total. The van der Waals surface area contributed by atoms with Gasteiger partial charge in [0, 0.05) is 4.88 Å². The van der Waals surface area contributed by atoms with E-state index < -0.39 is 33.3 Å². The number of rotatable bonds is 5. The van der Waals surface area contributed by atoms with Crippen molar-refractivity contribution in [2.45, 2.75) is 31.1 Å². The van der Waals surface area contributed by atoms with Crippen LogP contribution in [0.25, 0.3) is 0 Å². The van der Waals surface area contributed by atoms with Crippen molar-refractivity contribution in [3.05, 3.63) is 46.1 Å². The molecular formula is C19H20FNO5S2. The fraction of sp³-hybridized carbons (Fsp3) is 0.368. The van der Waals surface area contributed by atoms with Gasteiger partial charge in [-0.25, -0.2) is 17.6 Å². The first-order valence-corrected chi connectivity index (χ1v) is 11.2. The summed E-state index contributed by atoms with van der Waals surface area (Å²) < 4.78 is 42.6. The number of thiophene rings is 1. The van der Waals surface area contributed by atoms with Crippen LogP contribution in [0.1, 0.15) is 34.1 Å². The molecule has 9 heteroatoms. The lowest BCUT2D eigenvalue weighted by molar-refractivity contribution is -0.113. The Morgan fingerprint density at radius 1 is 1.29 bits per heavy atom. The first-order chi connectivity index (χ1) is 13.2. The van der Waals surface area contributed by atoms with Gasteiger partial charge in [-0.3, -0.25) is 4.79 Å². The second-order valence-corrected chi connectivity index (χ2v) is 9.90. The average Bonchev–Trinajstić information content (AvgIpc) is 2.97. The standard InChI is InChI=1S/C19H20FNO5S2/c1-11-3-8-14-15(9-11)27-18(17(14)19(23)26-2)21-16(22)10-28(24,25)13-6-4-12(20)5-7-13/h4-7,11H,3,8-10H2,1-2H3,(H,21,22). The molecule has 1 atom stereocenters. The Balaban J connectivity index is 1.84. The molecule has 0 bridgehead atoms. The third-order valence-electron chi connectivity index (χ3n) is 4.65. The Hall–Kier alpha value is -2.26. The number of carbonyl (C=O) groups is 2. The van der Waals surface area contributed by atoms with Crippen LogP contribution in [0, 0.1) is 11.7 Å². The van der Waals surface area contributed by atoms with E-state index in [9.17, 15) is 22.4 Å². The average molecular weight is 426 g/mol. The maximum Gasteiger partial charge on any atom is 0.341 e. The van der Waals surface area contributed by atoms with Crippen molar-refractivity contribution >= 4 is 38.1 Å². The number of halogens is 1. The van der Waals surface area contributed by atoms with Gasteiger partial charge in [-0.1, -0.05) is 6.92 Å². The molecule has 0 fully saturated rings. The molecule has 6 nitrogen and oxygen atoms in total. The van der Waals surface area contributed by atoms with Crippen LogP contribution >= 0.6 is 11.3 Å². The van der Waals surface area contributed by atoms with Crippen LogP contribution in [-0.2, 0) is 32.2 Å². The van der Waals surface area contributed by atoms with Crippen LogP contribution in [0.15, 0.2) is 29.2 Å². The van der Waals surface area contributed by atoms with Crippen molar-refractivity contribution in [1.29, 1.82) is 0 Å². The molecule has 1 amide bonds. The predicted molar refractivity (Wildman–Crippen MR) is 104 cm³/mol. The Morgan fingerprint density at radius 3 is 2.61 bits per heavy atom. The summed E-state index contributed by atoms with van der Waals surface area (Å²) in [5, 5.41) is 2.87. The third kappa shape index (κ3) is 4.25. The molecule has 1 heterocycles. The van der Waals surface area contributed by atoms with Gasteiger partial charge >= 0.3 is 5.97 Å². The van der Waals surface area contributed by atoms with E-state index >= 15 is 0 Å². The molecule has 1 aromatic carbocycles. The number of hydrogen-bond acceptors (Lipinski definition) is 6. The van der Waals surface area contributed by atoms with Crippen molar-refractivity contribution in [1.82, 2.24) is 0 Å². The number of methoxy groups -OCH3 is 1. The SMILES string of the molecule is COC(=O)c1c(NC(=O)CS(=O)(=O)c2ccc(F)cc2)sc2c1CCC(C)C2. The van der Waals surface area contributed by atoms with Crippen molar-refractivity contribution in [3.63, 3.8) is 0 Å². The van der Waals surface area contributed by atoms with E-state index in [1.807, 2.05) is 0 Å². The zero-order chi connectivity index (χ0) is 20.5. The molecule has 3 rings (SSSR count). The molecule has 0 spiro atoms. The van der Waals surface area contributed by atoms with E-state index in [-0.39, 0.29) is 4.90 Å². The van der Waals surface area contributed by atoms with Gasteiger partial charge in [0.2, 0.25) is 5.91 Å². The van der Waals surface area contributed by atoms with Crippen molar-refractivity contribution < 1.29 is 27.1 Å². The normalized spacial score (nSPS) is 16.3. The summed E-state index contributed by atoms with van der Waals surface area (Å²) in [7, 11) is -2.67. The van der Waals surface area contributed by atoms with E-state index in [1.54, 1.807) is 0 Å². The number of fused-ring (bicyclic) bond motifs is 1. The highest BCUT2D eigenvalue weighted by molar-refractivity contribution is 7.92. The molecule has 0 saturated carbocycles. The first kappa shape index (κ1) is 20.5. The molecule has 0 aliphatic heterocycles. The fourth-order valence-electron chi connectivity index (χ4n) is 3.22. The second kappa shape index (κ2) is 8.00. The van der Waals surface area contributed by atoms with Crippen molar-refractivity contribution in [3.8, 4) is 0 Å². The number of esters is 1. The van der Waals surface area contributed by atoms with E-state index in [0.717, 1.165) is 47.5 Å². The van der Waals surface area contributed by atoms with Crippen LogP contribution in [-0.4, -0.2) is 33.2 Å². The fourth-order valence-corrected chi connectivity index (χ4v) is 5.77. The molecule has 1 aromatic heterocycles. The van der Waals surface area contributed by atoms with Crippen molar-refractivity contribution in [2.24, 2.45) is 5.92 Å². The zero-order valence-corrected chi connectivity index (χ0v) is 17.1. The molecule has 2 aromatic rings. The van der Waals surface area contributed by atoms with Crippen LogP contribution < -0.4 is 5.32 Å². The maximum absolute atomic E-state index is 13.0. The number of sulfone groups is 1. The summed E-state index contributed by atoms with van der Waals surface area (Å²) in [5.74, 6) is -2.22. The molecule has 150 valence electrons. The number of benzene rings is 1. The number of amides is 1. The zero-order valence-electron chi connectivity index (χ0n) is 15.5. The number of hydrogen-bond donors (Lipinski definition) is 1. The molecular weight excluding hydrogens is 405 g/mol. The highest BCUT2D eigenvalue weighted by Crippen LogP contribution is 2.40. The van der Waals surface area contributed by atoms with Gasteiger partial charge in [0.05, 0.1) is 17.6 Å². The summed E-state index contributed by atoms with van der Waals surface area (Å²) in [6.07, 6.45) is 2.44. The number of nitrogens with one attached hydrogen (secondary N) is 1. The predicted octanol–water partition coefficient (Wildman–Crippen LogP) is 3.21. The number of carbonyl (C=O) groups excluding carboxylic acids is 2. The lowest BCUT2D eigenvalue weighted by Gasteiger charge is -2.18. The quantitative estimate of drug-likeness (QED) is 0.587. The van der Waals surface area contributed by atoms with Gasteiger partial charge in [0.25, 0.3) is 0 Å². The first-order valence-electron chi connectivity index (χ1n) is 8.72. The minimum atomic E-state index is -3.94. The van der Waals surface area contributed by atoms with Crippen LogP contribution in [0.3, 0.4) is 0 Å². The van der Waals surface area contributed by atoms with Gasteiger partial charge in [-0.05, 0) is 55.0 Å². The Morgan fingerprint density at radius 2 is 1.96 bits per heavy atom. The highest BCUT2D eigenvalue weighted by Gasteiger charge is 2.29. The lowest BCUT2D eigenvalue weighted by Crippen LogP contribution is -2.23. The minimum Gasteiger partial charge on any atom is -0.465 e. The van der Waals surface area contributed by atoms with Crippen LogP contribution in [0.5, 0.6) is 0 Å². The maximum atomic E-state index is 13.0. The van der Waals surface area contributed by atoms with E-state index in [4.69, 9.17) is 4.74 Å². The molecule has 1 aliphatic rings. The molecule has 28 heavy (non-hydrogen) atoms. The molecule has 0 saturated heterocycles. The van der Waals surface area contributed by atoms with Crippen LogP contribution in [0.2, 0.25) is 0 Å². The van der Waals surface area contributed by atoms with E-state index in [0.29, 0.717) is 22.9 Å². The molecule has 1 unspecified atom stereocenters. The second-order valence-electron chi connectivity index (χ2n) is 6.81. The monoisotopic (exact) mass is 425 g/mol. The molecule has 1 aliphatic carbocycles. The number of ether oxygens (including phenoxy) is 1. The highest BCUT2D eigenvalue weighted by atomic mass is 32.2. The van der Waals surface area contributed by atoms with Gasteiger partial charge in [-0.2, -0.15) is 0 Å². The lowest BCUT2D eigenvalue weighted by atomic mass is 9.88. The van der Waals surface area contributed by atoms with Gasteiger partial charge in [0.1, 0.15) is 16.6 Å². The number of anilines is 1. The Bertz CT molecular complexity index is 1010. The summed E-state index contributed by atoms with van der Waals surface area (Å²) in [6, 6.07) is 4.27. The van der Waals surface area contributed by atoms with E-state index in [1.165, 1.54) is 18.4 Å². The topological polar surface area (TPSA) is 89.5 Å². The summed E-state index contributed by atoms with van der Waals surface area (Å²) in [6.45, 7) is 2.12. The summed E-state index contributed by atoms with van der Waals surface area (Å²) in [5.41, 5.74) is 1.17. The van der Waals surface area contributed by atoms with Gasteiger partial charge in [0.15, 0.2) is 9.84 Å². The van der Waals surface area contributed by atoms with Crippen molar-refractivity contribution in [2.75, 3.05) is 18.2 Å².